The van der Waals surface area contributed by atoms with Crippen molar-refractivity contribution < 1.29 is 4.74 Å². The van der Waals surface area contributed by atoms with Crippen molar-refractivity contribution in [1.29, 1.82) is 5.26 Å². The van der Waals surface area contributed by atoms with Gasteiger partial charge < -0.3 is 10.5 Å². The first-order valence-corrected chi connectivity index (χ1v) is 10.7. The molecule has 158 valence electrons. The zero-order valence-electron chi connectivity index (χ0n) is 17.6. The topological polar surface area (TPSA) is 89.8 Å². The summed E-state index contributed by atoms with van der Waals surface area (Å²) in [5.41, 5.74) is 11.5. The van der Waals surface area contributed by atoms with E-state index in [0.29, 0.717) is 22.2 Å². The number of halogens is 1. The van der Waals surface area contributed by atoms with E-state index in [1.165, 1.54) is 5.56 Å². The number of para-hydroxylation sites is 1. The molecule has 7 heteroatoms. The number of pyridine rings is 1. The van der Waals surface area contributed by atoms with E-state index in [1.54, 1.807) is 4.68 Å². The number of nitriles is 1. The Morgan fingerprint density at radius 2 is 1.97 bits per heavy atom. The van der Waals surface area contributed by atoms with Crippen molar-refractivity contribution in [3.63, 3.8) is 0 Å². The predicted octanol–water partition coefficient (Wildman–Crippen LogP) is 5.16. The Morgan fingerprint density at radius 3 is 2.69 bits per heavy atom. The second kappa shape index (κ2) is 7.70. The molecule has 2 aromatic heterocycles. The van der Waals surface area contributed by atoms with Crippen LogP contribution in [0.4, 0.5) is 0 Å². The SMILES string of the molecule is CCc1ccc2nc(Cl)c(C3C(C#N)=C(N)Oc4c3c(C)nn4-c3ccccc3)cc2c1. The fourth-order valence-electron chi connectivity index (χ4n) is 4.21. The van der Waals surface area contributed by atoms with Gasteiger partial charge in [-0.3, -0.25) is 0 Å². The molecule has 0 spiro atoms. The Bertz CT molecular complexity index is 1430. The van der Waals surface area contributed by atoms with E-state index in [-0.39, 0.29) is 5.88 Å². The predicted molar refractivity (Wildman–Crippen MR) is 124 cm³/mol. The summed E-state index contributed by atoms with van der Waals surface area (Å²) in [6, 6.07) is 20.0. The van der Waals surface area contributed by atoms with Crippen LogP contribution in [0.1, 0.15) is 35.2 Å². The molecule has 0 fully saturated rings. The lowest BCUT2D eigenvalue weighted by Gasteiger charge is -2.25. The zero-order valence-corrected chi connectivity index (χ0v) is 18.4. The van der Waals surface area contributed by atoms with Gasteiger partial charge in [0.1, 0.15) is 16.8 Å². The number of ether oxygens (including phenoxy) is 1. The van der Waals surface area contributed by atoms with E-state index >= 15 is 0 Å². The molecule has 1 atom stereocenters. The number of benzene rings is 2. The Balaban J connectivity index is 1.77. The summed E-state index contributed by atoms with van der Waals surface area (Å²) < 4.78 is 7.63. The number of rotatable bonds is 3. The van der Waals surface area contributed by atoms with Crippen LogP contribution in [0.2, 0.25) is 5.15 Å². The molecular formula is C25H20ClN5O. The van der Waals surface area contributed by atoms with Crippen LogP contribution in [0.3, 0.4) is 0 Å². The Hall–Kier alpha value is -3.82. The molecule has 0 aliphatic carbocycles. The number of allylic oxidation sites excluding steroid dienone is 1. The lowest BCUT2D eigenvalue weighted by Crippen LogP contribution is -2.22. The third-order valence-corrected chi connectivity index (χ3v) is 6.11. The highest BCUT2D eigenvalue weighted by molar-refractivity contribution is 6.30. The highest BCUT2D eigenvalue weighted by Gasteiger charge is 2.37. The van der Waals surface area contributed by atoms with Crippen LogP contribution in [-0.2, 0) is 6.42 Å². The minimum absolute atomic E-state index is 0.0422. The fourth-order valence-corrected chi connectivity index (χ4v) is 4.47. The van der Waals surface area contributed by atoms with Crippen LogP contribution >= 0.6 is 11.6 Å². The summed E-state index contributed by atoms with van der Waals surface area (Å²) in [4.78, 5) is 4.61. The maximum Gasteiger partial charge on any atom is 0.229 e. The number of aryl methyl sites for hydroxylation is 2. The van der Waals surface area contributed by atoms with Gasteiger partial charge in [-0.25, -0.2) is 9.67 Å². The van der Waals surface area contributed by atoms with Crippen molar-refractivity contribution in [2.24, 2.45) is 5.73 Å². The van der Waals surface area contributed by atoms with E-state index in [4.69, 9.17) is 27.2 Å². The maximum absolute atomic E-state index is 9.96. The van der Waals surface area contributed by atoms with Crippen LogP contribution < -0.4 is 10.5 Å². The summed E-state index contributed by atoms with van der Waals surface area (Å²) in [6.45, 7) is 4.00. The number of nitrogens with zero attached hydrogens (tertiary/aromatic N) is 4. The first kappa shape index (κ1) is 20.1. The minimum Gasteiger partial charge on any atom is -0.422 e. The first-order valence-electron chi connectivity index (χ1n) is 10.3. The molecule has 0 bridgehead atoms. The Labute approximate surface area is 190 Å². The van der Waals surface area contributed by atoms with Gasteiger partial charge in [-0.05, 0) is 49.2 Å². The van der Waals surface area contributed by atoms with Gasteiger partial charge in [-0.2, -0.15) is 10.4 Å². The number of hydrogen-bond acceptors (Lipinski definition) is 5. The number of nitrogens with two attached hydrogens (primary N) is 1. The summed E-state index contributed by atoms with van der Waals surface area (Å²) >= 11 is 6.67. The average molecular weight is 442 g/mol. The van der Waals surface area contributed by atoms with Crippen LogP contribution in [0, 0.1) is 18.3 Å². The van der Waals surface area contributed by atoms with Gasteiger partial charge in [0.25, 0.3) is 0 Å². The van der Waals surface area contributed by atoms with E-state index in [9.17, 15) is 5.26 Å². The van der Waals surface area contributed by atoms with Crippen molar-refractivity contribution in [3.05, 3.63) is 93.6 Å². The third-order valence-electron chi connectivity index (χ3n) is 5.81. The highest BCUT2D eigenvalue weighted by Crippen LogP contribution is 2.46. The normalized spacial score (nSPS) is 15.4. The van der Waals surface area contributed by atoms with Gasteiger partial charge in [0.15, 0.2) is 0 Å². The second-order valence-electron chi connectivity index (χ2n) is 7.73. The molecule has 0 saturated heterocycles. The molecule has 2 aromatic carbocycles. The van der Waals surface area contributed by atoms with Crippen LogP contribution in [0.5, 0.6) is 5.88 Å². The number of aromatic nitrogens is 3. The molecule has 0 radical (unpaired) electrons. The van der Waals surface area contributed by atoms with Gasteiger partial charge in [0.2, 0.25) is 11.8 Å². The molecule has 1 aliphatic heterocycles. The smallest absolute Gasteiger partial charge is 0.229 e. The Kier molecular flexibility index (Phi) is 4.84. The van der Waals surface area contributed by atoms with Gasteiger partial charge in [0.05, 0.1) is 28.4 Å². The van der Waals surface area contributed by atoms with E-state index in [1.807, 2.05) is 55.5 Å². The van der Waals surface area contributed by atoms with E-state index in [0.717, 1.165) is 34.3 Å². The molecular weight excluding hydrogens is 422 g/mol. The van der Waals surface area contributed by atoms with E-state index in [2.05, 4.69) is 24.0 Å². The van der Waals surface area contributed by atoms with Crippen LogP contribution in [0.15, 0.2) is 66.1 Å². The molecule has 4 aromatic rings. The zero-order chi connectivity index (χ0) is 22.4. The lowest BCUT2D eigenvalue weighted by atomic mass is 9.84. The quantitative estimate of drug-likeness (QED) is 0.443. The largest absolute Gasteiger partial charge is 0.422 e. The van der Waals surface area contributed by atoms with Crippen molar-refractivity contribution in [2.45, 2.75) is 26.2 Å². The second-order valence-corrected chi connectivity index (χ2v) is 8.08. The molecule has 0 amide bonds. The van der Waals surface area contributed by atoms with Gasteiger partial charge in [0, 0.05) is 10.9 Å². The standard InChI is InChI=1S/C25H20ClN5O/c1-3-15-9-10-20-16(11-15)12-18(23(26)29-20)22-19(13-27)24(28)32-25-21(22)14(2)30-31(25)17-7-5-4-6-8-17/h4-12,22H,3,28H2,1-2H3. The maximum atomic E-state index is 9.96. The number of fused-ring (bicyclic) bond motifs is 2. The molecule has 3 heterocycles. The van der Waals surface area contributed by atoms with Crippen molar-refractivity contribution in [3.8, 4) is 17.6 Å². The summed E-state index contributed by atoms with van der Waals surface area (Å²) in [5, 5.41) is 15.9. The lowest BCUT2D eigenvalue weighted by molar-refractivity contribution is 0.367. The molecule has 1 aliphatic rings. The highest BCUT2D eigenvalue weighted by atomic mass is 35.5. The first-order chi connectivity index (χ1) is 15.5. The van der Waals surface area contributed by atoms with E-state index < -0.39 is 5.92 Å². The summed E-state index contributed by atoms with van der Waals surface area (Å²) in [7, 11) is 0. The van der Waals surface area contributed by atoms with Gasteiger partial charge >= 0.3 is 0 Å². The van der Waals surface area contributed by atoms with Crippen LogP contribution in [0.25, 0.3) is 16.6 Å². The van der Waals surface area contributed by atoms with Crippen LogP contribution in [-0.4, -0.2) is 14.8 Å². The molecule has 32 heavy (non-hydrogen) atoms. The fraction of sp³-hybridized carbons (Fsp3) is 0.160. The minimum atomic E-state index is -0.532. The molecule has 1 unspecified atom stereocenters. The third kappa shape index (κ3) is 3.10. The molecule has 2 N–H and O–H groups in total. The molecule has 5 rings (SSSR count). The summed E-state index contributed by atoms with van der Waals surface area (Å²) in [6.07, 6.45) is 0.911. The molecule has 6 nitrogen and oxygen atoms in total. The molecule has 0 saturated carbocycles. The van der Waals surface area contributed by atoms with Gasteiger partial charge in [-0.1, -0.05) is 42.8 Å². The van der Waals surface area contributed by atoms with Crippen molar-refractivity contribution in [1.82, 2.24) is 14.8 Å². The van der Waals surface area contributed by atoms with Crippen molar-refractivity contribution in [2.75, 3.05) is 0 Å². The number of hydrogen-bond donors (Lipinski definition) is 1. The monoisotopic (exact) mass is 441 g/mol. The average Bonchev–Trinajstić information content (AvgIpc) is 3.13. The van der Waals surface area contributed by atoms with Gasteiger partial charge in [-0.15, -0.1) is 0 Å². The summed E-state index contributed by atoms with van der Waals surface area (Å²) in [5.74, 6) is -0.00915. The van der Waals surface area contributed by atoms with Crippen molar-refractivity contribution >= 4 is 22.5 Å². The Morgan fingerprint density at radius 1 is 1.19 bits per heavy atom.